The maximum absolute atomic E-state index is 5.89. The summed E-state index contributed by atoms with van der Waals surface area (Å²) in [5.74, 6) is 1.86. The molecular formula is C18H18O2. The molecule has 0 aliphatic carbocycles. The van der Waals surface area contributed by atoms with Crippen LogP contribution >= 0.6 is 0 Å². The molecule has 0 saturated carbocycles. The number of rotatable bonds is 4. The lowest BCUT2D eigenvalue weighted by Gasteiger charge is -2.13. The van der Waals surface area contributed by atoms with Crippen molar-refractivity contribution in [2.24, 2.45) is 0 Å². The Morgan fingerprint density at radius 2 is 1.50 bits per heavy atom. The molecule has 102 valence electrons. The summed E-state index contributed by atoms with van der Waals surface area (Å²) in [6, 6.07) is 16.7. The lowest BCUT2D eigenvalue weighted by atomic mass is 10.0. The van der Waals surface area contributed by atoms with E-state index >= 15 is 0 Å². The van der Waals surface area contributed by atoms with E-state index < -0.39 is 0 Å². The number of benzene rings is 3. The summed E-state index contributed by atoms with van der Waals surface area (Å²) < 4.78 is 11.5. The molecule has 0 fully saturated rings. The van der Waals surface area contributed by atoms with Crippen LogP contribution in [0.25, 0.3) is 21.5 Å². The zero-order valence-corrected chi connectivity index (χ0v) is 11.8. The van der Waals surface area contributed by atoms with Gasteiger partial charge in [-0.3, -0.25) is 0 Å². The Bertz CT molecular complexity index is 747. The molecule has 0 saturated heterocycles. The van der Waals surface area contributed by atoms with Crippen LogP contribution in [0.4, 0.5) is 0 Å². The minimum Gasteiger partial charge on any atom is -0.494 e. The van der Waals surface area contributed by atoms with Crippen LogP contribution < -0.4 is 9.47 Å². The fraction of sp³-hybridized carbons (Fsp3) is 0.222. The quantitative estimate of drug-likeness (QED) is 0.632. The van der Waals surface area contributed by atoms with Gasteiger partial charge >= 0.3 is 0 Å². The molecule has 3 rings (SSSR count). The van der Waals surface area contributed by atoms with Crippen LogP contribution in [0.5, 0.6) is 11.5 Å². The van der Waals surface area contributed by atoms with Crippen LogP contribution in [0.2, 0.25) is 0 Å². The number of ether oxygens (including phenoxy) is 2. The number of hydrogen-bond acceptors (Lipinski definition) is 2. The first kappa shape index (κ1) is 12.8. The molecule has 0 aliphatic rings. The Balaban J connectivity index is 2.31. The van der Waals surface area contributed by atoms with E-state index in [2.05, 4.69) is 36.4 Å². The summed E-state index contributed by atoms with van der Waals surface area (Å²) in [5.41, 5.74) is 0. The van der Waals surface area contributed by atoms with Gasteiger partial charge in [-0.05, 0) is 48.9 Å². The summed E-state index contributed by atoms with van der Waals surface area (Å²) in [5, 5.41) is 4.63. The van der Waals surface area contributed by atoms with Gasteiger partial charge in [0.2, 0.25) is 0 Å². The van der Waals surface area contributed by atoms with Gasteiger partial charge in [0.25, 0.3) is 0 Å². The Morgan fingerprint density at radius 1 is 0.750 bits per heavy atom. The second-order valence-electron chi connectivity index (χ2n) is 4.68. The van der Waals surface area contributed by atoms with Crippen molar-refractivity contribution < 1.29 is 9.47 Å². The average Bonchev–Trinajstić information content (AvgIpc) is 2.47. The van der Waals surface area contributed by atoms with Crippen LogP contribution in [0.3, 0.4) is 0 Å². The van der Waals surface area contributed by atoms with Gasteiger partial charge in [0.15, 0.2) is 0 Å². The van der Waals surface area contributed by atoms with E-state index in [1.165, 1.54) is 5.39 Å². The van der Waals surface area contributed by atoms with Crippen LogP contribution in [0.1, 0.15) is 13.8 Å². The molecule has 0 N–H and O–H groups in total. The fourth-order valence-corrected chi connectivity index (χ4v) is 2.57. The van der Waals surface area contributed by atoms with Gasteiger partial charge in [0, 0.05) is 10.8 Å². The molecule has 2 nitrogen and oxygen atoms in total. The summed E-state index contributed by atoms with van der Waals surface area (Å²) in [7, 11) is 0. The highest BCUT2D eigenvalue weighted by molar-refractivity contribution is 6.05. The van der Waals surface area contributed by atoms with Crippen molar-refractivity contribution in [1.29, 1.82) is 0 Å². The van der Waals surface area contributed by atoms with E-state index in [9.17, 15) is 0 Å². The molecule has 0 heterocycles. The summed E-state index contributed by atoms with van der Waals surface area (Å²) in [4.78, 5) is 0. The van der Waals surface area contributed by atoms with E-state index in [1.54, 1.807) is 0 Å². The van der Waals surface area contributed by atoms with Crippen LogP contribution in [-0.2, 0) is 0 Å². The van der Waals surface area contributed by atoms with Crippen LogP contribution in [0.15, 0.2) is 48.5 Å². The zero-order chi connectivity index (χ0) is 13.9. The molecule has 0 atom stereocenters. The van der Waals surface area contributed by atoms with Crippen molar-refractivity contribution in [3.63, 3.8) is 0 Å². The molecule has 0 bridgehead atoms. The Hall–Kier alpha value is -2.22. The molecule has 0 amide bonds. The van der Waals surface area contributed by atoms with Gasteiger partial charge in [-0.2, -0.15) is 0 Å². The third kappa shape index (κ3) is 2.18. The second-order valence-corrected chi connectivity index (χ2v) is 4.68. The molecule has 0 aliphatic heterocycles. The highest BCUT2D eigenvalue weighted by atomic mass is 16.5. The molecule has 0 unspecified atom stereocenters. The standard InChI is InChI=1S/C18H18O2/c1-3-19-15-9-10-17-14(12-15)11-13-7-5-6-8-16(13)18(17)20-4-2/h5-12H,3-4H2,1-2H3. The maximum Gasteiger partial charge on any atom is 0.134 e. The molecule has 3 aromatic carbocycles. The first-order valence-electron chi connectivity index (χ1n) is 7.04. The molecule has 0 aromatic heterocycles. The lowest BCUT2D eigenvalue weighted by Crippen LogP contribution is -1.95. The van der Waals surface area contributed by atoms with Crippen molar-refractivity contribution in [1.82, 2.24) is 0 Å². The fourth-order valence-electron chi connectivity index (χ4n) is 2.57. The Labute approximate surface area is 118 Å². The van der Waals surface area contributed by atoms with Gasteiger partial charge in [0.1, 0.15) is 11.5 Å². The third-order valence-corrected chi connectivity index (χ3v) is 3.38. The highest BCUT2D eigenvalue weighted by Gasteiger charge is 2.09. The van der Waals surface area contributed by atoms with Gasteiger partial charge in [-0.1, -0.05) is 24.3 Å². The predicted octanol–water partition coefficient (Wildman–Crippen LogP) is 4.79. The molecule has 2 heteroatoms. The predicted molar refractivity (Wildman–Crippen MR) is 83.8 cm³/mol. The van der Waals surface area contributed by atoms with E-state index in [1.807, 2.05) is 26.0 Å². The van der Waals surface area contributed by atoms with Crippen LogP contribution in [0, 0.1) is 0 Å². The molecule has 3 aromatic rings. The minimum absolute atomic E-state index is 0.663. The molecule has 0 spiro atoms. The van der Waals surface area contributed by atoms with Gasteiger partial charge in [-0.25, -0.2) is 0 Å². The summed E-state index contributed by atoms with van der Waals surface area (Å²) in [6.45, 7) is 5.35. The average molecular weight is 266 g/mol. The van der Waals surface area contributed by atoms with Crippen molar-refractivity contribution in [2.75, 3.05) is 13.2 Å². The van der Waals surface area contributed by atoms with E-state index in [-0.39, 0.29) is 0 Å². The van der Waals surface area contributed by atoms with Crippen molar-refractivity contribution >= 4 is 21.5 Å². The number of fused-ring (bicyclic) bond motifs is 2. The minimum atomic E-state index is 0.663. The first-order valence-corrected chi connectivity index (χ1v) is 7.04. The lowest BCUT2D eigenvalue weighted by molar-refractivity contribution is 0.340. The second kappa shape index (κ2) is 5.41. The number of hydrogen-bond donors (Lipinski definition) is 0. The van der Waals surface area contributed by atoms with E-state index in [0.717, 1.165) is 27.7 Å². The van der Waals surface area contributed by atoms with Crippen molar-refractivity contribution in [3.05, 3.63) is 48.5 Å². The van der Waals surface area contributed by atoms with Crippen LogP contribution in [-0.4, -0.2) is 13.2 Å². The third-order valence-electron chi connectivity index (χ3n) is 3.38. The molecule has 0 radical (unpaired) electrons. The van der Waals surface area contributed by atoms with Crippen molar-refractivity contribution in [3.8, 4) is 11.5 Å². The first-order chi connectivity index (χ1) is 9.83. The van der Waals surface area contributed by atoms with Crippen molar-refractivity contribution in [2.45, 2.75) is 13.8 Å². The normalized spacial score (nSPS) is 10.9. The summed E-state index contributed by atoms with van der Waals surface area (Å²) in [6.07, 6.45) is 0. The zero-order valence-electron chi connectivity index (χ0n) is 11.8. The Kier molecular flexibility index (Phi) is 3.46. The van der Waals surface area contributed by atoms with Gasteiger partial charge in [-0.15, -0.1) is 0 Å². The summed E-state index contributed by atoms with van der Waals surface area (Å²) >= 11 is 0. The topological polar surface area (TPSA) is 18.5 Å². The molecular weight excluding hydrogens is 248 g/mol. The Morgan fingerprint density at radius 3 is 2.30 bits per heavy atom. The molecule has 20 heavy (non-hydrogen) atoms. The highest BCUT2D eigenvalue weighted by Crippen LogP contribution is 2.36. The maximum atomic E-state index is 5.89. The van der Waals surface area contributed by atoms with Gasteiger partial charge < -0.3 is 9.47 Å². The monoisotopic (exact) mass is 266 g/mol. The largest absolute Gasteiger partial charge is 0.494 e. The SMILES string of the molecule is CCOc1ccc2c(OCC)c3ccccc3cc2c1. The smallest absolute Gasteiger partial charge is 0.134 e. The van der Waals surface area contributed by atoms with E-state index in [4.69, 9.17) is 9.47 Å². The van der Waals surface area contributed by atoms with Gasteiger partial charge in [0.05, 0.1) is 13.2 Å². The van der Waals surface area contributed by atoms with E-state index in [0.29, 0.717) is 13.2 Å².